The summed E-state index contributed by atoms with van der Waals surface area (Å²) in [7, 11) is 1.19. The zero-order chi connectivity index (χ0) is 17.7. The summed E-state index contributed by atoms with van der Waals surface area (Å²) in [4.78, 5) is 11.3. The van der Waals surface area contributed by atoms with Crippen molar-refractivity contribution in [2.45, 2.75) is 69.9 Å². The second-order valence-corrected chi connectivity index (χ2v) is 6.94. The van der Waals surface area contributed by atoms with Crippen LogP contribution in [0.5, 0.6) is 0 Å². The van der Waals surface area contributed by atoms with E-state index in [0.717, 1.165) is 6.21 Å². The van der Waals surface area contributed by atoms with Crippen LogP contribution in [0.1, 0.15) is 27.7 Å². The van der Waals surface area contributed by atoms with E-state index >= 15 is 0 Å². The van der Waals surface area contributed by atoms with Crippen molar-refractivity contribution in [2.75, 3.05) is 13.7 Å². The standard InChI is InChI=1S/C15H23NO8/c1-14(2)20-7-8(22-14)10-11-12(24-15(3,4)23-11)13(21-10)16(18)6-9(17)19-5/h6,8,10-13H,7H2,1-5H3/b16-6-/t8-,10+,11-,12-,13-/m0/s1. The highest BCUT2D eigenvalue weighted by Gasteiger charge is 2.62. The molecule has 9 nitrogen and oxygen atoms in total. The Morgan fingerprint density at radius 1 is 1.12 bits per heavy atom. The van der Waals surface area contributed by atoms with Gasteiger partial charge in [-0.15, -0.1) is 0 Å². The van der Waals surface area contributed by atoms with Crippen LogP contribution in [0.25, 0.3) is 0 Å². The monoisotopic (exact) mass is 345 g/mol. The van der Waals surface area contributed by atoms with Gasteiger partial charge < -0.3 is 33.6 Å². The van der Waals surface area contributed by atoms with Crippen LogP contribution in [0.3, 0.4) is 0 Å². The van der Waals surface area contributed by atoms with E-state index in [1.165, 1.54) is 7.11 Å². The highest BCUT2D eigenvalue weighted by molar-refractivity contribution is 6.20. The van der Waals surface area contributed by atoms with Crippen LogP contribution in [0.4, 0.5) is 0 Å². The first-order valence-electron chi connectivity index (χ1n) is 7.83. The van der Waals surface area contributed by atoms with E-state index < -0.39 is 48.2 Å². The summed E-state index contributed by atoms with van der Waals surface area (Å²) in [5.41, 5.74) is 0. The molecule has 9 heteroatoms. The number of methoxy groups -OCH3 is 1. The first-order valence-corrected chi connectivity index (χ1v) is 7.83. The number of nitrogens with zero attached hydrogens (tertiary/aromatic N) is 1. The van der Waals surface area contributed by atoms with Crippen LogP contribution in [0.2, 0.25) is 0 Å². The number of hydrogen-bond acceptors (Lipinski definition) is 8. The van der Waals surface area contributed by atoms with Gasteiger partial charge in [0.05, 0.1) is 13.7 Å². The minimum atomic E-state index is -1.03. The average molecular weight is 345 g/mol. The Kier molecular flexibility index (Phi) is 4.33. The summed E-state index contributed by atoms with van der Waals surface area (Å²) in [6.45, 7) is 7.44. The fourth-order valence-corrected chi connectivity index (χ4v) is 3.22. The van der Waals surface area contributed by atoms with E-state index in [0.29, 0.717) is 11.3 Å². The first kappa shape index (κ1) is 17.6. The smallest absolute Gasteiger partial charge is 0.396 e. The number of esters is 1. The molecule has 0 amide bonds. The van der Waals surface area contributed by atoms with Crippen molar-refractivity contribution in [3.8, 4) is 0 Å². The SMILES string of the molecule is COC(=O)/C=[N+](\[O-])[C@H]1O[C@H]([C@@H]2COC(C)(C)O2)[C@@H]2OC(C)(C)O[C@@H]21. The highest BCUT2D eigenvalue weighted by Crippen LogP contribution is 2.42. The molecule has 136 valence electrons. The van der Waals surface area contributed by atoms with Gasteiger partial charge in [-0.25, -0.2) is 4.79 Å². The number of hydrogen-bond donors (Lipinski definition) is 0. The molecule has 3 rings (SSSR count). The Morgan fingerprint density at radius 2 is 1.79 bits per heavy atom. The minimum Gasteiger partial charge on any atom is -0.622 e. The Labute approximate surface area is 140 Å². The number of carbonyl (C=O) groups is 1. The lowest BCUT2D eigenvalue weighted by Gasteiger charge is -2.26. The zero-order valence-corrected chi connectivity index (χ0v) is 14.4. The van der Waals surface area contributed by atoms with E-state index in [4.69, 9.17) is 23.7 Å². The van der Waals surface area contributed by atoms with Gasteiger partial charge in [-0.05, 0) is 27.7 Å². The molecule has 0 bridgehead atoms. The van der Waals surface area contributed by atoms with E-state index in [9.17, 15) is 10.0 Å². The summed E-state index contributed by atoms with van der Waals surface area (Å²) in [6, 6.07) is 0. The molecule has 0 aliphatic carbocycles. The number of fused-ring (bicyclic) bond motifs is 1. The van der Waals surface area contributed by atoms with E-state index in [1.54, 1.807) is 27.7 Å². The van der Waals surface area contributed by atoms with E-state index in [-0.39, 0.29) is 0 Å². The maximum atomic E-state index is 12.3. The molecule has 0 unspecified atom stereocenters. The van der Waals surface area contributed by atoms with Gasteiger partial charge in [0.15, 0.2) is 17.7 Å². The highest BCUT2D eigenvalue weighted by atomic mass is 16.8. The summed E-state index contributed by atoms with van der Waals surface area (Å²) < 4.78 is 33.8. The Balaban J connectivity index is 1.82. The molecule has 5 atom stereocenters. The van der Waals surface area contributed by atoms with Crippen LogP contribution in [0, 0.1) is 5.21 Å². The molecule has 24 heavy (non-hydrogen) atoms. The van der Waals surface area contributed by atoms with Crippen LogP contribution >= 0.6 is 0 Å². The third-order valence-electron chi connectivity index (χ3n) is 4.15. The number of rotatable bonds is 3. The molecule has 3 fully saturated rings. The lowest BCUT2D eigenvalue weighted by atomic mass is 10.1. The van der Waals surface area contributed by atoms with Gasteiger partial charge >= 0.3 is 5.97 Å². The summed E-state index contributed by atoms with van der Waals surface area (Å²) >= 11 is 0. The second-order valence-electron chi connectivity index (χ2n) is 6.94. The third-order valence-corrected chi connectivity index (χ3v) is 4.15. The molecular weight excluding hydrogens is 322 g/mol. The van der Waals surface area contributed by atoms with Crippen molar-refractivity contribution in [1.82, 2.24) is 0 Å². The van der Waals surface area contributed by atoms with Gasteiger partial charge in [0.1, 0.15) is 18.3 Å². The van der Waals surface area contributed by atoms with E-state index in [1.807, 2.05) is 0 Å². The molecule has 0 saturated carbocycles. The fourth-order valence-electron chi connectivity index (χ4n) is 3.22. The molecule has 3 aliphatic heterocycles. The molecular formula is C15H23NO8. The fraction of sp³-hybridized carbons (Fsp3) is 0.867. The zero-order valence-electron chi connectivity index (χ0n) is 14.4. The van der Waals surface area contributed by atoms with Crippen molar-refractivity contribution in [2.24, 2.45) is 0 Å². The van der Waals surface area contributed by atoms with Crippen LogP contribution in [-0.2, 0) is 33.2 Å². The molecule has 0 aromatic heterocycles. The quantitative estimate of drug-likeness (QED) is 0.234. The lowest BCUT2D eigenvalue weighted by molar-refractivity contribution is -0.562. The second kappa shape index (κ2) is 5.92. The molecule has 3 aliphatic rings. The average Bonchev–Trinajstić information content (AvgIpc) is 3.08. The normalized spacial score (nSPS) is 40.5. The number of ether oxygens (including phenoxy) is 6. The van der Waals surface area contributed by atoms with Crippen molar-refractivity contribution in [1.29, 1.82) is 0 Å². The molecule has 0 aromatic carbocycles. The molecule has 0 radical (unpaired) electrons. The predicted molar refractivity (Wildman–Crippen MR) is 79.1 cm³/mol. The summed E-state index contributed by atoms with van der Waals surface area (Å²) in [5, 5.41) is 12.3. The summed E-state index contributed by atoms with van der Waals surface area (Å²) in [5.74, 6) is -2.36. The van der Waals surface area contributed by atoms with Crippen molar-refractivity contribution in [3.63, 3.8) is 0 Å². The molecule has 0 aromatic rings. The maximum absolute atomic E-state index is 12.3. The van der Waals surface area contributed by atoms with Crippen LogP contribution in [0.15, 0.2) is 0 Å². The molecule has 0 N–H and O–H groups in total. The van der Waals surface area contributed by atoms with Crippen LogP contribution < -0.4 is 0 Å². The third kappa shape index (κ3) is 3.27. The van der Waals surface area contributed by atoms with Crippen molar-refractivity contribution < 1.29 is 38.0 Å². The van der Waals surface area contributed by atoms with Gasteiger partial charge in [-0.1, -0.05) is 0 Å². The van der Waals surface area contributed by atoms with Gasteiger partial charge in [-0.2, -0.15) is 4.74 Å². The van der Waals surface area contributed by atoms with Gasteiger partial charge in [0.25, 0.3) is 12.4 Å². The number of hydroxylamine groups is 1. The van der Waals surface area contributed by atoms with Gasteiger partial charge in [0, 0.05) is 0 Å². The Bertz CT molecular complexity index is 546. The predicted octanol–water partition coefficient (Wildman–Crippen LogP) is 0.137. The minimum absolute atomic E-state index is 0.316. The lowest BCUT2D eigenvalue weighted by Crippen LogP contribution is -2.40. The van der Waals surface area contributed by atoms with Crippen LogP contribution in [-0.4, -0.2) is 72.9 Å². The largest absolute Gasteiger partial charge is 0.622 e. The topological polar surface area (TPSA) is 98.5 Å². The van der Waals surface area contributed by atoms with Gasteiger partial charge in [-0.3, -0.25) is 0 Å². The number of carbonyl (C=O) groups excluding carboxylic acids is 1. The van der Waals surface area contributed by atoms with Gasteiger partial charge in [0.2, 0.25) is 0 Å². The Hall–Kier alpha value is -1.26. The van der Waals surface area contributed by atoms with Crippen molar-refractivity contribution >= 4 is 12.2 Å². The summed E-state index contributed by atoms with van der Waals surface area (Å²) in [6.07, 6.45) is -2.36. The molecule has 3 saturated heterocycles. The van der Waals surface area contributed by atoms with Crippen molar-refractivity contribution in [3.05, 3.63) is 5.21 Å². The Morgan fingerprint density at radius 3 is 2.38 bits per heavy atom. The van der Waals surface area contributed by atoms with E-state index in [2.05, 4.69) is 4.74 Å². The maximum Gasteiger partial charge on any atom is 0.396 e. The molecule has 0 spiro atoms. The molecule has 3 heterocycles. The first-order chi connectivity index (χ1) is 11.1.